The van der Waals surface area contributed by atoms with Crippen LogP contribution in [0.1, 0.15) is 66.2 Å². The number of carbonyl (C=O) groups is 3. The van der Waals surface area contributed by atoms with Crippen LogP contribution in [0.15, 0.2) is 0 Å². The van der Waals surface area contributed by atoms with E-state index < -0.39 is 35.0 Å². The zero-order valence-electron chi connectivity index (χ0n) is 16.2. The molecule has 3 fully saturated rings. The highest BCUT2D eigenvalue weighted by molar-refractivity contribution is 5.99. The number of carbonyl (C=O) groups excluding carboxylic acids is 3. The van der Waals surface area contributed by atoms with Gasteiger partial charge < -0.3 is 9.47 Å². The average molecular weight is 368 g/mol. The molecule has 0 bridgehead atoms. The summed E-state index contributed by atoms with van der Waals surface area (Å²) in [5.74, 6) is -0.886. The van der Waals surface area contributed by atoms with Crippen LogP contribution < -0.4 is 0 Å². The summed E-state index contributed by atoms with van der Waals surface area (Å²) in [5.41, 5.74) is -2.82. The molecule has 0 aromatic heterocycles. The van der Waals surface area contributed by atoms with E-state index in [1.54, 1.807) is 32.8 Å². The summed E-state index contributed by atoms with van der Waals surface area (Å²) in [6, 6.07) is -0.690. The molecule has 0 unspecified atom stereocenters. The molecular weight excluding hydrogens is 340 g/mol. The van der Waals surface area contributed by atoms with Gasteiger partial charge in [-0.3, -0.25) is 9.63 Å². The van der Waals surface area contributed by atoms with E-state index in [-0.39, 0.29) is 12.3 Å². The molecule has 3 rings (SSSR count). The Balaban J connectivity index is 1.96. The molecule has 0 aromatic rings. The Morgan fingerprint density at radius 2 is 1.81 bits per heavy atom. The van der Waals surface area contributed by atoms with Crippen molar-refractivity contribution >= 4 is 18.0 Å². The van der Waals surface area contributed by atoms with Gasteiger partial charge in [-0.25, -0.2) is 14.5 Å². The minimum absolute atomic E-state index is 0.152. The smallest absolute Gasteiger partial charge is 0.418 e. The van der Waals surface area contributed by atoms with Crippen LogP contribution in [0.4, 0.5) is 4.79 Å². The summed E-state index contributed by atoms with van der Waals surface area (Å²) >= 11 is 0. The van der Waals surface area contributed by atoms with Gasteiger partial charge in [0.25, 0.3) is 5.91 Å². The van der Waals surface area contributed by atoms with Gasteiger partial charge in [-0.1, -0.05) is 6.42 Å². The summed E-state index contributed by atoms with van der Waals surface area (Å²) in [6.45, 7) is 6.93. The maximum Gasteiger partial charge on any atom is 0.418 e. The summed E-state index contributed by atoms with van der Waals surface area (Å²) in [6.07, 6.45) is 3.48. The number of esters is 1. The van der Waals surface area contributed by atoms with E-state index >= 15 is 0 Å². The molecule has 8 nitrogen and oxygen atoms in total. The second-order valence-corrected chi connectivity index (χ2v) is 8.56. The van der Waals surface area contributed by atoms with Gasteiger partial charge >= 0.3 is 12.1 Å². The van der Waals surface area contributed by atoms with E-state index in [0.29, 0.717) is 12.8 Å². The van der Waals surface area contributed by atoms with E-state index in [9.17, 15) is 14.4 Å². The fourth-order valence-corrected chi connectivity index (χ4v) is 4.25. The third kappa shape index (κ3) is 2.89. The normalized spacial score (nSPS) is 31.2. The van der Waals surface area contributed by atoms with Crippen LogP contribution in [0, 0.1) is 0 Å². The lowest BCUT2D eigenvalue weighted by atomic mass is 9.88. The number of fused-ring (bicyclic) bond motifs is 2. The first-order valence-electron chi connectivity index (χ1n) is 9.18. The van der Waals surface area contributed by atoms with Gasteiger partial charge in [0.1, 0.15) is 17.3 Å². The quantitative estimate of drug-likeness (QED) is 0.657. The Kier molecular flexibility index (Phi) is 4.55. The molecule has 1 spiro atoms. The molecule has 2 amide bonds. The Morgan fingerprint density at radius 1 is 1.19 bits per heavy atom. The van der Waals surface area contributed by atoms with Crippen molar-refractivity contribution in [1.82, 2.24) is 9.96 Å². The number of ether oxygens (including phenoxy) is 2. The molecule has 3 aliphatic rings. The fourth-order valence-electron chi connectivity index (χ4n) is 4.25. The summed E-state index contributed by atoms with van der Waals surface area (Å²) in [5, 5.41) is 1.58. The highest BCUT2D eigenvalue weighted by atomic mass is 16.7. The van der Waals surface area contributed by atoms with Crippen molar-refractivity contribution in [3.8, 4) is 0 Å². The maximum atomic E-state index is 13.1. The van der Waals surface area contributed by atoms with Crippen LogP contribution in [0.5, 0.6) is 0 Å². The van der Waals surface area contributed by atoms with E-state index in [0.717, 1.165) is 19.3 Å². The molecule has 8 heteroatoms. The SMILES string of the molecule is COC(=O)[C@@]1(C)C[C@@H]2C(=O)N(C(=O)OC(C)(C)C)C3(CCCCC3)N2O1. The largest absolute Gasteiger partial charge is 0.467 e. The summed E-state index contributed by atoms with van der Waals surface area (Å²) < 4.78 is 10.3. The molecule has 1 saturated carbocycles. The number of hydrogen-bond acceptors (Lipinski definition) is 7. The fraction of sp³-hybridized carbons (Fsp3) is 0.833. The van der Waals surface area contributed by atoms with Gasteiger partial charge in [-0.2, -0.15) is 0 Å². The van der Waals surface area contributed by atoms with Gasteiger partial charge in [-0.15, -0.1) is 5.06 Å². The highest BCUT2D eigenvalue weighted by Gasteiger charge is 2.67. The topological polar surface area (TPSA) is 85.4 Å². The van der Waals surface area contributed by atoms with Crippen molar-refractivity contribution in [2.75, 3.05) is 7.11 Å². The molecule has 0 N–H and O–H groups in total. The minimum Gasteiger partial charge on any atom is -0.467 e. The third-order valence-electron chi connectivity index (χ3n) is 5.35. The third-order valence-corrected chi connectivity index (χ3v) is 5.35. The minimum atomic E-state index is -1.22. The van der Waals surface area contributed by atoms with Crippen molar-refractivity contribution in [3.63, 3.8) is 0 Å². The van der Waals surface area contributed by atoms with Crippen molar-refractivity contribution < 1.29 is 28.7 Å². The molecule has 2 heterocycles. The van der Waals surface area contributed by atoms with Crippen LogP contribution >= 0.6 is 0 Å². The van der Waals surface area contributed by atoms with Crippen molar-refractivity contribution in [2.24, 2.45) is 0 Å². The van der Waals surface area contributed by atoms with E-state index in [1.165, 1.54) is 12.0 Å². The molecule has 0 aromatic carbocycles. The van der Waals surface area contributed by atoms with Crippen molar-refractivity contribution in [3.05, 3.63) is 0 Å². The molecular formula is C18H28N2O6. The van der Waals surface area contributed by atoms with Crippen LogP contribution in [0.3, 0.4) is 0 Å². The van der Waals surface area contributed by atoms with Crippen LogP contribution in [-0.4, -0.2) is 57.9 Å². The van der Waals surface area contributed by atoms with Gasteiger partial charge in [-0.05, 0) is 53.4 Å². The Morgan fingerprint density at radius 3 is 2.35 bits per heavy atom. The molecule has 2 aliphatic heterocycles. The number of hydroxylamine groups is 2. The standard InChI is InChI=1S/C18H28N2O6/c1-16(2,3)25-15(23)19-13(21)12-11-17(4,14(22)24-5)26-20(12)18(19)9-7-6-8-10-18/h12H,6-11H2,1-5H3/t12-,17-/m1/s1. The molecule has 26 heavy (non-hydrogen) atoms. The van der Waals surface area contributed by atoms with Crippen LogP contribution in [0.25, 0.3) is 0 Å². The number of nitrogens with zero attached hydrogens (tertiary/aromatic N) is 2. The molecule has 2 atom stereocenters. The predicted octanol–water partition coefficient (Wildman–Crippen LogP) is 2.36. The Labute approximate surface area is 153 Å². The van der Waals surface area contributed by atoms with E-state index in [2.05, 4.69) is 0 Å². The lowest BCUT2D eigenvalue weighted by Crippen LogP contribution is -2.59. The van der Waals surface area contributed by atoms with Gasteiger partial charge in [0, 0.05) is 6.42 Å². The number of rotatable bonds is 1. The summed E-state index contributed by atoms with van der Waals surface area (Å²) in [4.78, 5) is 45.4. The van der Waals surface area contributed by atoms with E-state index in [1.807, 2.05) is 0 Å². The average Bonchev–Trinajstić information content (AvgIpc) is 3.01. The summed E-state index contributed by atoms with van der Waals surface area (Å²) in [7, 11) is 1.30. The monoisotopic (exact) mass is 368 g/mol. The number of imide groups is 1. The van der Waals surface area contributed by atoms with E-state index in [4.69, 9.17) is 14.3 Å². The zero-order valence-corrected chi connectivity index (χ0v) is 16.2. The van der Waals surface area contributed by atoms with Gasteiger partial charge in [0.15, 0.2) is 5.60 Å². The lowest BCUT2D eigenvalue weighted by Gasteiger charge is -2.44. The number of methoxy groups -OCH3 is 1. The second kappa shape index (κ2) is 6.20. The van der Waals surface area contributed by atoms with Crippen LogP contribution in [-0.2, 0) is 23.9 Å². The maximum absolute atomic E-state index is 13.1. The van der Waals surface area contributed by atoms with Gasteiger partial charge in [0.05, 0.1) is 7.11 Å². The van der Waals surface area contributed by atoms with Crippen LogP contribution in [0.2, 0.25) is 0 Å². The van der Waals surface area contributed by atoms with Gasteiger partial charge in [0.2, 0.25) is 0 Å². The highest BCUT2D eigenvalue weighted by Crippen LogP contribution is 2.50. The van der Waals surface area contributed by atoms with Crippen molar-refractivity contribution in [2.45, 2.75) is 89.1 Å². The number of amides is 2. The second-order valence-electron chi connectivity index (χ2n) is 8.56. The Bertz CT molecular complexity index is 622. The Hall–Kier alpha value is -1.67. The predicted molar refractivity (Wildman–Crippen MR) is 90.6 cm³/mol. The molecule has 2 saturated heterocycles. The molecule has 146 valence electrons. The lowest BCUT2D eigenvalue weighted by molar-refractivity contribution is -0.264. The molecule has 1 aliphatic carbocycles. The number of hydrogen-bond donors (Lipinski definition) is 0. The first-order valence-corrected chi connectivity index (χ1v) is 9.18. The first kappa shape index (κ1) is 19.1. The zero-order chi connectivity index (χ0) is 19.3. The first-order chi connectivity index (χ1) is 12.0. The molecule has 0 radical (unpaired) electrons. The van der Waals surface area contributed by atoms with Crippen molar-refractivity contribution in [1.29, 1.82) is 0 Å².